The van der Waals surface area contributed by atoms with Gasteiger partial charge in [-0.25, -0.2) is 17.8 Å². The summed E-state index contributed by atoms with van der Waals surface area (Å²) in [6, 6.07) is 9.55. The van der Waals surface area contributed by atoms with E-state index in [0.29, 0.717) is 49.1 Å². The normalized spacial score (nSPS) is 18.6. The number of alkyl halides is 3. The van der Waals surface area contributed by atoms with Crippen LogP contribution in [0.5, 0.6) is 0 Å². The fourth-order valence-corrected chi connectivity index (χ4v) is 5.98. The second-order valence-corrected chi connectivity index (χ2v) is 10.8. The number of carbonyl (C=O) groups excluding carboxylic acids is 1. The first-order valence-corrected chi connectivity index (χ1v) is 12.6. The third-order valence-corrected chi connectivity index (χ3v) is 8.43. The molecule has 12 heteroatoms. The number of pyridine rings is 2. The maximum atomic E-state index is 14.1. The van der Waals surface area contributed by atoms with Gasteiger partial charge in [-0.3, -0.25) is 9.78 Å². The maximum Gasteiger partial charge on any atom is 0.417 e. The molecule has 0 aliphatic heterocycles. The highest BCUT2D eigenvalue weighted by molar-refractivity contribution is 7.92. The van der Waals surface area contributed by atoms with Gasteiger partial charge in [-0.15, -0.1) is 0 Å². The van der Waals surface area contributed by atoms with Gasteiger partial charge >= 0.3 is 6.18 Å². The number of nitrogens with zero attached hydrogens (tertiary/aromatic N) is 2. The third kappa shape index (κ3) is 5.48. The lowest BCUT2D eigenvalue weighted by Crippen LogP contribution is -2.33. The van der Waals surface area contributed by atoms with Gasteiger partial charge in [-0.2, -0.15) is 13.2 Å². The summed E-state index contributed by atoms with van der Waals surface area (Å²) in [5.74, 6) is -2.07. The highest BCUT2D eigenvalue weighted by Crippen LogP contribution is 2.33. The van der Waals surface area contributed by atoms with Crippen LogP contribution in [0, 0.1) is 5.82 Å². The topological polar surface area (TPSA) is 115 Å². The van der Waals surface area contributed by atoms with Crippen molar-refractivity contribution in [2.45, 2.75) is 48.0 Å². The van der Waals surface area contributed by atoms with Crippen molar-refractivity contribution in [1.82, 2.24) is 9.97 Å². The number of primary amides is 1. The fraction of sp³-hybridized carbons (Fsp3) is 0.292. The molecule has 3 N–H and O–H groups in total. The minimum atomic E-state index is -4.69. The van der Waals surface area contributed by atoms with Crippen LogP contribution in [0.1, 0.15) is 41.7 Å². The summed E-state index contributed by atoms with van der Waals surface area (Å²) < 4.78 is 78.5. The van der Waals surface area contributed by atoms with E-state index in [9.17, 15) is 30.8 Å². The Morgan fingerprint density at radius 2 is 1.64 bits per heavy atom. The van der Waals surface area contributed by atoms with E-state index in [0.717, 1.165) is 0 Å². The largest absolute Gasteiger partial charge is 0.417 e. The Labute approximate surface area is 204 Å². The molecule has 190 valence electrons. The Balaban J connectivity index is 1.40. The lowest BCUT2D eigenvalue weighted by atomic mass is 9.95. The monoisotopic (exact) mass is 522 g/mol. The Bertz CT molecular complexity index is 1370. The second kappa shape index (κ2) is 9.84. The molecule has 1 saturated carbocycles. The van der Waals surface area contributed by atoms with Crippen molar-refractivity contribution in [1.29, 1.82) is 0 Å². The van der Waals surface area contributed by atoms with E-state index in [1.54, 1.807) is 18.2 Å². The lowest BCUT2D eigenvalue weighted by Gasteiger charge is -2.29. The summed E-state index contributed by atoms with van der Waals surface area (Å²) in [6.07, 6.45) is -1.31. The molecule has 1 amide bonds. The molecule has 36 heavy (non-hydrogen) atoms. The average molecular weight is 523 g/mol. The zero-order chi connectivity index (χ0) is 26.1. The first-order valence-electron chi connectivity index (χ1n) is 11.0. The summed E-state index contributed by atoms with van der Waals surface area (Å²) in [5, 5.41) is 2.15. The van der Waals surface area contributed by atoms with Gasteiger partial charge in [-0.1, -0.05) is 12.1 Å². The molecular formula is C24H22F4N4O3S. The van der Waals surface area contributed by atoms with Gasteiger partial charge in [0.2, 0.25) is 0 Å². The molecule has 2 aromatic heterocycles. The van der Waals surface area contributed by atoms with Crippen molar-refractivity contribution in [2.75, 3.05) is 5.32 Å². The molecule has 1 aromatic carbocycles. The minimum Gasteiger partial charge on any atom is -0.365 e. The SMILES string of the molecule is NC(=O)c1cc(-c2ccc(S(=O)(=O)[C@H]3CC[C@H](Nc4ncc(C(F)(F)F)cc4F)CC3)cc2)ccn1. The highest BCUT2D eigenvalue weighted by atomic mass is 32.2. The Morgan fingerprint density at radius 1 is 0.972 bits per heavy atom. The van der Waals surface area contributed by atoms with Gasteiger partial charge in [-0.05, 0) is 67.1 Å². The first-order chi connectivity index (χ1) is 16.9. The number of benzene rings is 1. The number of nitrogens with two attached hydrogens (primary N) is 1. The van der Waals surface area contributed by atoms with Crippen LogP contribution in [0.15, 0.2) is 59.8 Å². The molecule has 4 rings (SSSR count). The van der Waals surface area contributed by atoms with Crippen LogP contribution in [-0.4, -0.2) is 35.6 Å². The van der Waals surface area contributed by atoms with Crippen LogP contribution in [0.3, 0.4) is 0 Å². The average Bonchev–Trinajstić information content (AvgIpc) is 2.85. The highest BCUT2D eigenvalue weighted by Gasteiger charge is 2.34. The van der Waals surface area contributed by atoms with Crippen LogP contribution in [-0.2, 0) is 16.0 Å². The predicted molar refractivity (Wildman–Crippen MR) is 124 cm³/mol. The zero-order valence-electron chi connectivity index (χ0n) is 18.8. The molecule has 0 spiro atoms. The molecule has 3 aromatic rings. The third-order valence-electron chi connectivity index (χ3n) is 6.15. The zero-order valence-corrected chi connectivity index (χ0v) is 19.6. The van der Waals surface area contributed by atoms with E-state index in [1.165, 1.54) is 24.4 Å². The Hall–Kier alpha value is -3.54. The molecule has 0 bridgehead atoms. The standard InChI is InChI=1S/C24H22F4N4O3S/c25-20-12-16(24(26,27)28)13-31-23(20)32-17-3-7-19(8-4-17)36(34,35)18-5-1-14(2-6-18)15-9-10-30-21(11-15)22(29)33/h1-2,5-6,9-13,17,19H,3-4,7-8H2,(H2,29,33)(H,31,32)/t17-,19-. The molecule has 1 fully saturated rings. The predicted octanol–water partition coefficient (Wildman–Crippen LogP) is 4.60. The maximum absolute atomic E-state index is 14.1. The van der Waals surface area contributed by atoms with E-state index in [2.05, 4.69) is 15.3 Å². The summed E-state index contributed by atoms with van der Waals surface area (Å²) in [7, 11) is -3.64. The van der Waals surface area contributed by atoms with E-state index >= 15 is 0 Å². The summed E-state index contributed by atoms with van der Waals surface area (Å²) in [4.78, 5) is 18.9. The van der Waals surface area contributed by atoms with Crippen LogP contribution in [0.2, 0.25) is 0 Å². The fourth-order valence-electron chi connectivity index (χ4n) is 4.18. The second-order valence-electron chi connectivity index (χ2n) is 8.53. The molecule has 0 radical (unpaired) electrons. The van der Waals surface area contributed by atoms with Crippen LogP contribution >= 0.6 is 0 Å². The number of hydrogen-bond donors (Lipinski definition) is 2. The number of halogens is 4. The first kappa shape index (κ1) is 25.5. The van der Waals surface area contributed by atoms with Crippen LogP contribution in [0.25, 0.3) is 11.1 Å². The van der Waals surface area contributed by atoms with Crippen molar-refractivity contribution in [3.63, 3.8) is 0 Å². The smallest absolute Gasteiger partial charge is 0.365 e. The molecule has 0 atom stereocenters. The van der Waals surface area contributed by atoms with Crippen molar-refractivity contribution >= 4 is 21.6 Å². The number of sulfone groups is 1. The molecule has 2 heterocycles. The number of amides is 1. The van der Waals surface area contributed by atoms with Crippen LogP contribution in [0.4, 0.5) is 23.4 Å². The molecule has 7 nitrogen and oxygen atoms in total. The van der Waals surface area contributed by atoms with Crippen molar-refractivity contribution < 1.29 is 30.8 Å². The number of nitrogens with one attached hydrogen (secondary N) is 1. The van der Waals surface area contributed by atoms with Gasteiger partial charge in [0.25, 0.3) is 5.91 Å². The number of carbonyl (C=O) groups is 1. The molecule has 1 aliphatic rings. The summed E-state index contributed by atoms with van der Waals surface area (Å²) in [6.45, 7) is 0. The summed E-state index contributed by atoms with van der Waals surface area (Å²) in [5.41, 5.74) is 5.54. The number of anilines is 1. The van der Waals surface area contributed by atoms with Gasteiger partial charge in [0.05, 0.1) is 15.7 Å². The number of hydrogen-bond acceptors (Lipinski definition) is 6. The molecule has 1 aliphatic carbocycles. The van der Waals surface area contributed by atoms with Gasteiger partial charge in [0.1, 0.15) is 5.69 Å². The van der Waals surface area contributed by atoms with Crippen LogP contribution < -0.4 is 11.1 Å². The number of rotatable bonds is 6. The van der Waals surface area contributed by atoms with E-state index in [-0.39, 0.29) is 22.4 Å². The molecule has 0 unspecified atom stereocenters. The van der Waals surface area contributed by atoms with E-state index in [4.69, 9.17) is 5.73 Å². The van der Waals surface area contributed by atoms with Crippen molar-refractivity contribution in [2.24, 2.45) is 5.73 Å². The van der Waals surface area contributed by atoms with Gasteiger partial charge in [0, 0.05) is 18.4 Å². The van der Waals surface area contributed by atoms with Gasteiger partial charge in [0.15, 0.2) is 21.5 Å². The van der Waals surface area contributed by atoms with E-state index < -0.39 is 38.6 Å². The quantitative estimate of drug-likeness (QED) is 0.458. The molecule has 0 saturated heterocycles. The lowest BCUT2D eigenvalue weighted by molar-refractivity contribution is -0.138. The van der Waals surface area contributed by atoms with Crippen molar-refractivity contribution in [3.05, 3.63) is 71.9 Å². The Kier molecular flexibility index (Phi) is 6.98. The number of aromatic nitrogens is 2. The van der Waals surface area contributed by atoms with E-state index in [1.807, 2.05) is 0 Å². The summed E-state index contributed by atoms with van der Waals surface area (Å²) >= 11 is 0. The van der Waals surface area contributed by atoms with Gasteiger partial charge < -0.3 is 11.1 Å². The Morgan fingerprint density at radius 3 is 2.22 bits per heavy atom. The van der Waals surface area contributed by atoms with Crippen molar-refractivity contribution in [3.8, 4) is 11.1 Å². The molecular weight excluding hydrogens is 500 g/mol. The minimum absolute atomic E-state index is 0.0981.